The van der Waals surface area contributed by atoms with Gasteiger partial charge in [-0.3, -0.25) is 0 Å². The maximum absolute atomic E-state index is 5.47. The average Bonchev–Trinajstić information content (AvgIpc) is 2.52. The minimum atomic E-state index is 0.877. The molecule has 2 aromatic rings. The number of hydrogen-bond acceptors (Lipinski definition) is 2. The van der Waals surface area contributed by atoms with Crippen LogP contribution in [0.1, 0.15) is 11.1 Å². The lowest BCUT2D eigenvalue weighted by Gasteiger charge is -2.13. The first-order valence-electron chi connectivity index (χ1n) is 7.22. The summed E-state index contributed by atoms with van der Waals surface area (Å²) >= 11 is 0. The van der Waals surface area contributed by atoms with Crippen LogP contribution >= 0.6 is 0 Å². The van der Waals surface area contributed by atoms with E-state index in [0.29, 0.717) is 0 Å². The SMILES string of the molecule is COc1ccccc1CC(=CCN(C)C)c1ccccc1. The minimum absolute atomic E-state index is 0.877. The molecule has 0 radical (unpaired) electrons. The molecule has 2 heteroatoms. The van der Waals surface area contributed by atoms with Crippen LogP contribution in [-0.2, 0) is 6.42 Å². The van der Waals surface area contributed by atoms with Gasteiger partial charge < -0.3 is 9.64 Å². The van der Waals surface area contributed by atoms with Crippen molar-refractivity contribution in [1.29, 1.82) is 0 Å². The molecule has 0 N–H and O–H groups in total. The number of hydrogen-bond donors (Lipinski definition) is 0. The zero-order valence-corrected chi connectivity index (χ0v) is 13.0. The average molecular weight is 281 g/mol. The van der Waals surface area contributed by atoms with Crippen LogP contribution < -0.4 is 4.74 Å². The maximum atomic E-state index is 5.47. The fourth-order valence-electron chi connectivity index (χ4n) is 2.29. The molecule has 0 fully saturated rings. The lowest BCUT2D eigenvalue weighted by molar-refractivity contribution is 0.411. The van der Waals surface area contributed by atoms with Gasteiger partial charge in [0.05, 0.1) is 7.11 Å². The van der Waals surface area contributed by atoms with Gasteiger partial charge in [0.2, 0.25) is 0 Å². The van der Waals surface area contributed by atoms with Crippen molar-refractivity contribution < 1.29 is 4.74 Å². The minimum Gasteiger partial charge on any atom is -0.496 e. The number of rotatable bonds is 6. The van der Waals surface area contributed by atoms with Gasteiger partial charge in [-0.1, -0.05) is 54.6 Å². The Bertz CT molecular complexity index is 588. The summed E-state index contributed by atoms with van der Waals surface area (Å²) in [5, 5.41) is 0. The lowest BCUT2D eigenvalue weighted by atomic mass is 9.97. The van der Waals surface area contributed by atoms with Crippen LogP contribution in [0, 0.1) is 0 Å². The molecule has 0 saturated heterocycles. The Morgan fingerprint density at radius 1 is 1.00 bits per heavy atom. The van der Waals surface area contributed by atoms with Gasteiger partial charge in [0, 0.05) is 13.0 Å². The van der Waals surface area contributed by atoms with Gasteiger partial charge in [0.25, 0.3) is 0 Å². The zero-order valence-electron chi connectivity index (χ0n) is 13.0. The third-order valence-corrected chi connectivity index (χ3v) is 3.42. The number of likely N-dealkylation sites (N-methyl/N-ethyl adjacent to an activating group) is 1. The molecular weight excluding hydrogens is 258 g/mol. The Hall–Kier alpha value is -2.06. The number of methoxy groups -OCH3 is 1. The summed E-state index contributed by atoms with van der Waals surface area (Å²) in [6, 6.07) is 18.8. The Kier molecular flexibility index (Phi) is 5.59. The van der Waals surface area contributed by atoms with E-state index in [1.54, 1.807) is 7.11 Å². The van der Waals surface area contributed by atoms with Crippen LogP contribution in [0.25, 0.3) is 5.57 Å². The Balaban J connectivity index is 2.30. The third kappa shape index (κ3) is 4.47. The number of benzene rings is 2. The summed E-state index contributed by atoms with van der Waals surface area (Å²) in [4.78, 5) is 2.17. The number of allylic oxidation sites excluding steroid dienone is 1. The molecule has 21 heavy (non-hydrogen) atoms. The van der Waals surface area contributed by atoms with Gasteiger partial charge in [-0.2, -0.15) is 0 Å². The molecule has 2 nitrogen and oxygen atoms in total. The van der Waals surface area contributed by atoms with Crippen molar-refractivity contribution in [1.82, 2.24) is 4.90 Å². The summed E-state index contributed by atoms with van der Waals surface area (Å²) in [5.41, 5.74) is 3.81. The monoisotopic (exact) mass is 281 g/mol. The zero-order chi connectivity index (χ0) is 15.1. The molecule has 0 aliphatic heterocycles. The molecule has 0 amide bonds. The van der Waals surface area contributed by atoms with Crippen molar-refractivity contribution in [3.05, 3.63) is 71.8 Å². The van der Waals surface area contributed by atoms with Crippen molar-refractivity contribution >= 4 is 5.57 Å². The van der Waals surface area contributed by atoms with Crippen molar-refractivity contribution in [3.8, 4) is 5.75 Å². The highest BCUT2D eigenvalue weighted by Crippen LogP contribution is 2.25. The van der Waals surface area contributed by atoms with Gasteiger partial charge in [0.1, 0.15) is 5.75 Å². The van der Waals surface area contributed by atoms with Crippen molar-refractivity contribution in [2.45, 2.75) is 6.42 Å². The molecule has 110 valence electrons. The van der Waals surface area contributed by atoms with Crippen LogP contribution in [0.2, 0.25) is 0 Å². The molecule has 0 aliphatic carbocycles. The first-order valence-corrected chi connectivity index (χ1v) is 7.22. The third-order valence-electron chi connectivity index (χ3n) is 3.42. The van der Waals surface area contributed by atoms with E-state index in [1.165, 1.54) is 16.7 Å². The van der Waals surface area contributed by atoms with Crippen LogP contribution in [0.15, 0.2) is 60.7 Å². The summed E-state index contributed by atoms with van der Waals surface area (Å²) in [7, 11) is 5.90. The second-order valence-corrected chi connectivity index (χ2v) is 5.35. The van der Waals surface area contributed by atoms with Gasteiger partial charge >= 0.3 is 0 Å². The highest BCUT2D eigenvalue weighted by atomic mass is 16.5. The van der Waals surface area contributed by atoms with E-state index in [0.717, 1.165) is 18.7 Å². The predicted octanol–water partition coefficient (Wildman–Crippen LogP) is 3.88. The second-order valence-electron chi connectivity index (χ2n) is 5.35. The van der Waals surface area contributed by atoms with E-state index in [9.17, 15) is 0 Å². The molecule has 0 aromatic heterocycles. The number of nitrogens with zero attached hydrogens (tertiary/aromatic N) is 1. The molecule has 0 saturated carbocycles. The summed E-state index contributed by atoms with van der Waals surface area (Å²) in [6.07, 6.45) is 3.17. The fourth-order valence-corrected chi connectivity index (χ4v) is 2.29. The van der Waals surface area contributed by atoms with E-state index in [-0.39, 0.29) is 0 Å². The predicted molar refractivity (Wildman–Crippen MR) is 89.7 cm³/mol. The summed E-state index contributed by atoms with van der Waals surface area (Å²) in [6.45, 7) is 0.930. The molecule has 2 rings (SSSR count). The number of ether oxygens (including phenoxy) is 1. The fraction of sp³-hybridized carbons (Fsp3) is 0.263. The molecule has 0 atom stereocenters. The highest BCUT2D eigenvalue weighted by Gasteiger charge is 2.07. The molecule has 0 spiro atoms. The second kappa shape index (κ2) is 7.65. The van der Waals surface area contributed by atoms with Gasteiger partial charge in [-0.05, 0) is 36.9 Å². The van der Waals surface area contributed by atoms with Crippen molar-refractivity contribution in [2.75, 3.05) is 27.7 Å². The standard InChI is InChI=1S/C19H23NO/c1-20(2)14-13-17(16-9-5-4-6-10-16)15-18-11-7-8-12-19(18)21-3/h4-13H,14-15H2,1-3H3. The van der Waals surface area contributed by atoms with E-state index in [4.69, 9.17) is 4.74 Å². The Morgan fingerprint density at radius 3 is 2.33 bits per heavy atom. The Morgan fingerprint density at radius 2 is 1.67 bits per heavy atom. The maximum Gasteiger partial charge on any atom is 0.122 e. The first-order chi connectivity index (χ1) is 10.2. The highest BCUT2D eigenvalue weighted by molar-refractivity contribution is 5.68. The molecular formula is C19H23NO. The largest absolute Gasteiger partial charge is 0.496 e. The molecule has 0 aliphatic rings. The van der Waals surface area contributed by atoms with Crippen molar-refractivity contribution in [2.24, 2.45) is 0 Å². The van der Waals surface area contributed by atoms with Gasteiger partial charge in [-0.25, -0.2) is 0 Å². The summed E-state index contributed by atoms with van der Waals surface area (Å²) in [5.74, 6) is 0.948. The Labute approximate surface area is 127 Å². The smallest absolute Gasteiger partial charge is 0.122 e. The quantitative estimate of drug-likeness (QED) is 0.796. The van der Waals surface area contributed by atoms with Crippen molar-refractivity contribution in [3.63, 3.8) is 0 Å². The van der Waals surface area contributed by atoms with Gasteiger partial charge in [-0.15, -0.1) is 0 Å². The normalized spacial score (nSPS) is 11.7. The van der Waals surface area contributed by atoms with E-state index < -0.39 is 0 Å². The van der Waals surface area contributed by atoms with Crippen LogP contribution in [0.4, 0.5) is 0 Å². The van der Waals surface area contributed by atoms with Gasteiger partial charge in [0.15, 0.2) is 0 Å². The number of para-hydroxylation sites is 1. The summed E-state index contributed by atoms with van der Waals surface area (Å²) < 4.78 is 5.47. The van der Waals surface area contributed by atoms with E-state index in [2.05, 4.69) is 67.5 Å². The van der Waals surface area contributed by atoms with E-state index >= 15 is 0 Å². The first kappa shape index (κ1) is 15.3. The van der Waals surface area contributed by atoms with Crippen LogP contribution in [-0.4, -0.2) is 32.6 Å². The lowest BCUT2D eigenvalue weighted by Crippen LogP contribution is -2.11. The molecule has 0 heterocycles. The van der Waals surface area contributed by atoms with Crippen LogP contribution in [0.3, 0.4) is 0 Å². The molecule has 0 bridgehead atoms. The van der Waals surface area contributed by atoms with Crippen LogP contribution in [0.5, 0.6) is 5.75 Å². The topological polar surface area (TPSA) is 12.5 Å². The van der Waals surface area contributed by atoms with E-state index in [1.807, 2.05) is 12.1 Å². The molecule has 2 aromatic carbocycles. The molecule has 0 unspecified atom stereocenters.